The molecule has 0 aromatic heterocycles. The Labute approximate surface area is 169 Å². The summed E-state index contributed by atoms with van der Waals surface area (Å²) in [7, 11) is -3.52. The highest BCUT2D eigenvalue weighted by Gasteiger charge is 2.27. The summed E-state index contributed by atoms with van der Waals surface area (Å²) in [5.41, 5.74) is 0.988. The van der Waals surface area contributed by atoms with Gasteiger partial charge in [-0.3, -0.25) is 4.79 Å². The molecule has 148 valence electrons. The molecule has 29 heavy (non-hydrogen) atoms. The highest BCUT2D eigenvalue weighted by atomic mass is 32.2. The molecule has 0 atom stereocenters. The first kappa shape index (κ1) is 19.2. The van der Waals surface area contributed by atoms with Crippen molar-refractivity contribution in [3.05, 3.63) is 84.4 Å². The number of carbonyl (C=O) groups is 1. The van der Waals surface area contributed by atoms with Crippen LogP contribution in [0.1, 0.15) is 23.2 Å². The molecule has 1 aliphatic rings. The van der Waals surface area contributed by atoms with Crippen LogP contribution in [0.15, 0.2) is 83.8 Å². The van der Waals surface area contributed by atoms with E-state index in [1.807, 2.05) is 30.3 Å². The van der Waals surface area contributed by atoms with Crippen LogP contribution in [0.25, 0.3) is 0 Å². The fourth-order valence-corrected chi connectivity index (χ4v) is 4.01. The number of sulfonamides is 1. The molecule has 3 aromatic rings. The van der Waals surface area contributed by atoms with Gasteiger partial charge in [0.25, 0.3) is 5.91 Å². The van der Waals surface area contributed by atoms with E-state index in [0.717, 1.165) is 18.6 Å². The zero-order chi connectivity index (χ0) is 20.3. The van der Waals surface area contributed by atoms with Gasteiger partial charge in [0, 0.05) is 17.3 Å². The lowest BCUT2D eigenvalue weighted by Crippen LogP contribution is -2.25. The molecular formula is C22H20N2O4S. The smallest absolute Gasteiger partial charge is 0.255 e. The molecule has 4 rings (SSSR count). The minimum Gasteiger partial charge on any atom is -0.457 e. The molecule has 2 N–H and O–H groups in total. The van der Waals surface area contributed by atoms with Crippen molar-refractivity contribution < 1.29 is 17.9 Å². The zero-order valence-corrected chi connectivity index (χ0v) is 16.4. The number of amides is 1. The Morgan fingerprint density at radius 2 is 1.45 bits per heavy atom. The van der Waals surface area contributed by atoms with E-state index in [4.69, 9.17) is 4.74 Å². The number of hydrogen-bond acceptors (Lipinski definition) is 4. The molecule has 1 amide bonds. The van der Waals surface area contributed by atoms with Crippen molar-refractivity contribution in [2.45, 2.75) is 23.8 Å². The highest BCUT2D eigenvalue weighted by Crippen LogP contribution is 2.24. The minimum absolute atomic E-state index is 0.0387. The summed E-state index contributed by atoms with van der Waals surface area (Å²) in [6.45, 7) is 0. The number of nitrogens with one attached hydrogen (secondary N) is 2. The van der Waals surface area contributed by atoms with Gasteiger partial charge in [-0.2, -0.15) is 0 Å². The Kier molecular flexibility index (Phi) is 5.33. The van der Waals surface area contributed by atoms with Gasteiger partial charge in [-0.25, -0.2) is 13.1 Å². The van der Waals surface area contributed by atoms with E-state index >= 15 is 0 Å². The predicted molar refractivity (Wildman–Crippen MR) is 111 cm³/mol. The molecule has 0 aliphatic heterocycles. The second-order valence-electron chi connectivity index (χ2n) is 6.81. The lowest BCUT2D eigenvalue weighted by molar-refractivity contribution is 0.102. The third-order valence-corrected chi connectivity index (χ3v) is 5.95. The molecule has 3 aromatic carbocycles. The predicted octanol–water partition coefficient (Wildman–Crippen LogP) is 4.17. The average molecular weight is 408 g/mol. The molecule has 1 fully saturated rings. The van der Waals surface area contributed by atoms with Crippen LogP contribution in [0.3, 0.4) is 0 Å². The van der Waals surface area contributed by atoms with Crippen LogP contribution in [0, 0.1) is 0 Å². The van der Waals surface area contributed by atoms with E-state index in [9.17, 15) is 13.2 Å². The second-order valence-corrected chi connectivity index (χ2v) is 8.53. The quantitative estimate of drug-likeness (QED) is 0.614. The van der Waals surface area contributed by atoms with Gasteiger partial charge in [0.05, 0.1) is 4.90 Å². The summed E-state index contributed by atoms with van der Waals surface area (Å²) in [6, 6.07) is 22.4. The van der Waals surface area contributed by atoms with Gasteiger partial charge in [-0.1, -0.05) is 18.2 Å². The normalized spacial score (nSPS) is 13.7. The topological polar surface area (TPSA) is 84.5 Å². The molecule has 0 saturated heterocycles. The Morgan fingerprint density at radius 3 is 2.07 bits per heavy atom. The number of ether oxygens (including phenoxy) is 1. The van der Waals surface area contributed by atoms with Gasteiger partial charge < -0.3 is 10.1 Å². The monoisotopic (exact) mass is 408 g/mol. The van der Waals surface area contributed by atoms with Crippen LogP contribution in [0.5, 0.6) is 11.5 Å². The molecule has 1 aliphatic carbocycles. The maximum Gasteiger partial charge on any atom is 0.255 e. The first-order chi connectivity index (χ1) is 14.0. The third-order valence-electron chi connectivity index (χ3n) is 4.42. The second kappa shape index (κ2) is 8.06. The maximum atomic E-state index is 12.4. The number of carbonyl (C=O) groups excluding carboxylic acids is 1. The summed E-state index contributed by atoms with van der Waals surface area (Å²) in [5.74, 6) is 1.07. The fourth-order valence-electron chi connectivity index (χ4n) is 2.71. The van der Waals surface area contributed by atoms with E-state index in [2.05, 4.69) is 10.0 Å². The summed E-state index contributed by atoms with van der Waals surface area (Å²) >= 11 is 0. The lowest BCUT2D eigenvalue weighted by atomic mass is 10.2. The van der Waals surface area contributed by atoms with E-state index in [1.54, 1.807) is 24.3 Å². The van der Waals surface area contributed by atoms with E-state index < -0.39 is 10.0 Å². The number of para-hydroxylation sites is 1. The van der Waals surface area contributed by atoms with Crippen LogP contribution in [0.2, 0.25) is 0 Å². The first-order valence-corrected chi connectivity index (χ1v) is 10.7. The van der Waals surface area contributed by atoms with Crippen molar-refractivity contribution in [3.63, 3.8) is 0 Å². The van der Waals surface area contributed by atoms with E-state index in [1.165, 1.54) is 24.3 Å². The molecular weight excluding hydrogens is 388 g/mol. The first-order valence-electron chi connectivity index (χ1n) is 9.26. The highest BCUT2D eigenvalue weighted by molar-refractivity contribution is 7.89. The van der Waals surface area contributed by atoms with Gasteiger partial charge in [0.1, 0.15) is 11.5 Å². The molecule has 0 heterocycles. The lowest BCUT2D eigenvalue weighted by Gasteiger charge is -2.09. The fraction of sp³-hybridized carbons (Fsp3) is 0.136. The van der Waals surface area contributed by atoms with Crippen LogP contribution in [0.4, 0.5) is 5.69 Å². The van der Waals surface area contributed by atoms with Crippen LogP contribution < -0.4 is 14.8 Å². The molecule has 0 unspecified atom stereocenters. The summed E-state index contributed by atoms with van der Waals surface area (Å²) < 4.78 is 32.7. The van der Waals surface area contributed by atoms with Crippen LogP contribution in [-0.2, 0) is 10.0 Å². The van der Waals surface area contributed by atoms with Crippen LogP contribution >= 0.6 is 0 Å². The number of rotatable bonds is 7. The van der Waals surface area contributed by atoms with Crippen molar-refractivity contribution >= 4 is 21.6 Å². The molecule has 6 nitrogen and oxygen atoms in total. The van der Waals surface area contributed by atoms with Crippen molar-refractivity contribution in [3.8, 4) is 11.5 Å². The molecule has 1 saturated carbocycles. The third kappa shape index (κ3) is 5.01. The summed E-state index contributed by atoms with van der Waals surface area (Å²) in [5, 5.41) is 2.79. The molecule has 7 heteroatoms. The Hall–Kier alpha value is -3.16. The summed E-state index contributed by atoms with van der Waals surface area (Å²) in [4.78, 5) is 12.6. The average Bonchev–Trinajstić information content (AvgIpc) is 3.54. The van der Waals surface area contributed by atoms with E-state index in [0.29, 0.717) is 17.0 Å². The molecule has 0 spiro atoms. The minimum atomic E-state index is -3.52. The van der Waals surface area contributed by atoms with Crippen molar-refractivity contribution in [2.24, 2.45) is 0 Å². The largest absolute Gasteiger partial charge is 0.457 e. The Bertz CT molecular complexity index is 1090. The maximum absolute atomic E-state index is 12.4. The SMILES string of the molecule is O=C(Nc1ccc(Oc2ccccc2)cc1)c1ccc(S(=O)(=O)NC2CC2)cc1. The molecule has 0 bridgehead atoms. The van der Waals surface area contributed by atoms with Gasteiger partial charge >= 0.3 is 0 Å². The van der Waals surface area contributed by atoms with Crippen molar-refractivity contribution in [1.82, 2.24) is 4.72 Å². The van der Waals surface area contributed by atoms with Crippen molar-refractivity contribution in [2.75, 3.05) is 5.32 Å². The van der Waals surface area contributed by atoms with E-state index in [-0.39, 0.29) is 16.8 Å². The van der Waals surface area contributed by atoms with Gasteiger partial charge in [-0.15, -0.1) is 0 Å². The Morgan fingerprint density at radius 1 is 0.828 bits per heavy atom. The number of benzene rings is 3. The molecule has 0 radical (unpaired) electrons. The Balaban J connectivity index is 1.38. The number of hydrogen-bond donors (Lipinski definition) is 2. The van der Waals surface area contributed by atoms with Crippen LogP contribution in [-0.4, -0.2) is 20.4 Å². The van der Waals surface area contributed by atoms with Gasteiger partial charge in [-0.05, 0) is 73.5 Å². The van der Waals surface area contributed by atoms with Crippen molar-refractivity contribution in [1.29, 1.82) is 0 Å². The van der Waals surface area contributed by atoms with Gasteiger partial charge in [0.2, 0.25) is 10.0 Å². The number of anilines is 1. The van der Waals surface area contributed by atoms with Gasteiger partial charge in [0.15, 0.2) is 0 Å². The standard InChI is InChI=1S/C22H20N2O4S/c25-22(16-6-14-21(15-7-16)29(26,27)24-18-8-9-18)23-17-10-12-20(13-11-17)28-19-4-2-1-3-5-19/h1-7,10-15,18,24H,8-9H2,(H,23,25). The summed E-state index contributed by atoms with van der Waals surface area (Å²) in [6.07, 6.45) is 1.74. The zero-order valence-electron chi connectivity index (χ0n) is 15.5.